The van der Waals surface area contributed by atoms with E-state index in [1.54, 1.807) is 31.2 Å². The molecule has 24 heavy (non-hydrogen) atoms. The molecule has 1 aromatic rings. The molecule has 2 heterocycles. The number of nitrogens with one attached hydrogen (secondary N) is 2. The minimum atomic E-state index is -4.48. The first-order valence-corrected chi connectivity index (χ1v) is 7.94. The van der Waals surface area contributed by atoms with E-state index in [9.17, 15) is 18.0 Å². The minimum absolute atomic E-state index is 0.209. The number of hydrogen-bond donors (Lipinski definition) is 3. The number of carbonyl (C=O) groups is 1. The van der Waals surface area contributed by atoms with Crippen molar-refractivity contribution in [1.29, 1.82) is 0 Å². The fraction of sp³-hybridized carbons (Fsp3) is 0.188. The first-order valence-electron chi connectivity index (χ1n) is 7.06. The summed E-state index contributed by atoms with van der Waals surface area (Å²) in [6.07, 6.45) is -3.46. The number of dihydropyridines is 1. The Labute approximate surface area is 140 Å². The number of nitrogens with two attached hydrogens (primary N) is 1. The molecule has 8 heteroatoms. The predicted molar refractivity (Wildman–Crippen MR) is 87.6 cm³/mol. The summed E-state index contributed by atoms with van der Waals surface area (Å²) in [5.41, 5.74) is 6.91. The minimum Gasteiger partial charge on any atom is -0.397 e. The van der Waals surface area contributed by atoms with E-state index >= 15 is 0 Å². The lowest BCUT2D eigenvalue weighted by molar-refractivity contribution is -0.112. The summed E-state index contributed by atoms with van der Waals surface area (Å²) in [5.74, 6) is -0.436. The molecular formula is C16H14F3N3OS. The molecule has 2 aliphatic rings. The Balaban J connectivity index is 1.87. The molecule has 0 saturated carbocycles. The Morgan fingerprint density at radius 1 is 1.29 bits per heavy atom. The molecule has 0 radical (unpaired) electrons. The summed E-state index contributed by atoms with van der Waals surface area (Å²) in [4.78, 5) is 12.6. The maximum Gasteiger partial charge on any atom is 0.430 e. The van der Waals surface area contributed by atoms with Crippen molar-refractivity contribution < 1.29 is 18.0 Å². The van der Waals surface area contributed by atoms with Gasteiger partial charge in [-0.05, 0) is 30.7 Å². The molecule has 0 aliphatic carbocycles. The molecule has 0 aromatic heterocycles. The number of fused-ring (bicyclic) bond motifs is 1. The lowest BCUT2D eigenvalue weighted by atomic mass is 10.0. The molecule has 1 aromatic carbocycles. The van der Waals surface area contributed by atoms with Crippen molar-refractivity contribution in [2.45, 2.75) is 18.5 Å². The van der Waals surface area contributed by atoms with Gasteiger partial charge < -0.3 is 16.4 Å². The number of rotatable bonds is 2. The number of amides is 1. The first kappa shape index (κ1) is 16.5. The summed E-state index contributed by atoms with van der Waals surface area (Å²) in [5, 5.41) is 4.38. The van der Waals surface area contributed by atoms with Gasteiger partial charge in [0.05, 0.1) is 10.6 Å². The highest BCUT2D eigenvalue weighted by atomic mass is 32.2. The van der Waals surface area contributed by atoms with Crippen LogP contribution in [0.15, 0.2) is 63.9 Å². The van der Waals surface area contributed by atoms with Gasteiger partial charge in [-0.3, -0.25) is 4.79 Å². The second-order valence-corrected chi connectivity index (χ2v) is 6.47. The Hall–Kier alpha value is -2.35. The fourth-order valence-corrected chi connectivity index (χ4v) is 3.80. The smallest absolute Gasteiger partial charge is 0.397 e. The van der Waals surface area contributed by atoms with Gasteiger partial charge >= 0.3 is 6.18 Å². The van der Waals surface area contributed by atoms with Gasteiger partial charge in [-0.15, -0.1) is 0 Å². The van der Waals surface area contributed by atoms with Crippen molar-refractivity contribution in [3.05, 3.63) is 63.9 Å². The zero-order valence-corrected chi connectivity index (χ0v) is 13.4. The standard InChI is InChI=1S/C16H14F3N3OS/c1-8-7-10(16(17,18)19)22-15-11(8)12(20)13(24-15)14(23)21-9-5-3-2-4-6-9/h2-7,15,22H,20H2,1H3,(H,21,23)/t15-/m0/s1. The number of anilines is 1. The van der Waals surface area contributed by atoms with E-state index in [2.05, 4.69) is 10.6 Å². The van der Waals surface area contributed by atoms with Crippen LogP contribution in [0.25, 0.3) is 0 Å². The third kappa shape index (κ3) is 3.01. The third-order valence-electron chi connectivity index (χ3n) is 3.65. The van der Waals surface area contributed by atoms with Gasteiger partial charge in [0, 0.05) is 11.3 Å². The van der Waals surface area contributed by atoms with Gasteiger partial charge in [0.15, 0.2) is 0 Å². The van der Waals surface area contributed by atoms with Gasteiger partial charge in [-0.1, -0.05) is 30.0 Å². The summed E-state index contributed by atoms with van der Waals surface area (Å²) in [6, 6.07) is 8.77. The number of thioether (sulfide) groups is 1. The zero-order valence-electron chi connectivity index (χ0n) is 12.6. The summed E-state index contributed by atoms with van der Waals surface area (Å²) in [6.45, 7) is 1.56. The van der Waals surface area contributed by atoms with Gasteiger partial charge in [-0.25, -0.2) is 0 Å². The SMILES string of the molecule is CC1=C2C(N)=C(C(=O)Nc3ccccc3)S[C@@H]2NC(C(F)(F)F)=C1. The average molecular weight is 353 g/mol. The van der Waals surface area contributed by atoms with Crippen LogP contribution in [0.1, 0.15) is 6.92 Å². The van der Waals surface area contributed by atoms with Crippen LogP contribution in [-0.4, -0.2) is 17.5 Å². The molecule has 3 rings (SSSR count). The molecule has 1 atom stereocenters. The number of halogens is 3. The van der Waals surface area contributed by atoms with Crippen LogP contribution >= 0.6 is 11.8 Å². The number of para-hydroxylation sites is 1. The number of benzene rings is 1. The summed E-state index contributed by atoms with van der Waals surface area (Å²) < 4.78 is 38.8. The van der Waals surface area contributed by atoms with Crippen LogP contribution in [0.3, 0.4) is 0 Å². The van der Waals surface area contributed by atoms with Crippen molar-refractivity contribution >= 4 is 23.4 Å². The Morgan fingerprint density at radius 3 is 2.58 bits per heavy atom. The number of alkyl halides is 3. The maximum atomic E-state index is 12.9. The Bertz CT molecular complexity index is 782. The van der Waals surface area contributed by atoms with E-state index < -0.39 is 23.2 Å². The van der Waals surface area contributed by atoms with Crippen LogP contribution < -0.4 is 16.4 Å². The molecule has 0 fully saturated rings. The number of allylic oxidation sites excluding steroid dienone is 3. The van der Waals surface area contributed by atoms with Crippen LogP contribution in [0.4, 0.5) is 18.9 Å². The molecule has 0 unspecified atom stereocenters. The van der Waals surface area contributed by atoms with E-state index in [0.29, 0.717) is 16.8 Å². The normalized spacial score (nSPS) is 20.5. The monoisotopic (exact) mass is 353 g/mol. The topological polar surface area (TPSA) is 67.2 Å². The van der Waals surface area contributed by atoms with Crippen LogP contribution in [0, 0.1) is 0 Å². The quantitative estimate of drug-likeness (QED) is 0.764. The largest absolute Gasteiger partial charge is 0.430 e. The lowest BCUT2D eigenvalue weighted by Gasteiger charge is -2.25. The van der Waals surface area contributed by atoms with Gasteiger partial charge in [0.1, 0.15) is 11.1 Å². The second-order valence-electron chi connectivity index (χ2n) is 5.36. The van der Waals surface area contributed by atoms with E-state index in [1.807, 2.05) is 6.07 Å². The van der Waals surface area contributed by atoms with Crippen molar-refractivity contribution in [2.75, 3.05) is 5.32 Å². The molecular weight excluding hydrogens is 339 g/mol. The molecule has 1 amide bonds. The van der Waals surface area contributed by atoms with Gasteiger partial charge in [-0.2, -0.15) is 13.2 Å². The highest BCUT2D eigenvalue weighted by Gasteiger charge is 2.42. The molecule has 0 saturated heterocycles. The summed E-state index contributed by atoms with van der Waals surface area (Å²) >= 11 is 0.986. The second kappa shape index (κ2) is 5.94. The van der Waals surface area contributed by atoms with Crippen molar-refractivity contribution in [3.63, 3.8) is 0 Å². The Morgan fingerprint density at radius 2 is 1.96 bits per heavy atom. The van der Waals surface area contributed by atoms with Crippen molar-refractivity contribution in [3.8, 4) is 0 Å². The highest BCUT2D eigenvalue weighted by molar-refractivity contribution is 8.05. The molecule has 0 bridgehead atoms. The van der Waals surface area contributed by atoms with Crippen LogP contribution in [0.2, 0.25) is 0 Å². The van der Waals surface area contributed by atoms with E-state index in [0.717, 1.165) is 17.8 Å². The average Bonchev–Trinajstić information content (AvgIpc) is 2.85. The van der Waals surface area contributed by atoms with E-state index in [-0.39, 0.29) is 10.6 Å². The fourth-order valence-electron chi connectivity index (χ4n) is 2.55. The van der Waals surface area contributed by atoms with Crippen molar-refractivity contribution in [1.82, 2.24) is 5.32 Å². The zero-order chi connectivity index (χ0) is 17.5. The Kier molecular flexibility index (Phi) is 4.08. The van der Waals surface area contributed by atoms with E-state index in [1.165, 1.54) is 0 Å². The first-order chi connectivity index (χ1) is 11.3. The third-order valence-corrected chi connectivity index (χ3v) is 4.88. The molecule has 4 N–H and O–H groups in total. The van der Waals surface area contributed by atoms with Crippen LogP contribution in [-0.2, 0) is 4.79 Å². The maximum absolute atomic E-state index is 12.9. The molecule has 126 valence electrons. The van der Waals surface area contributed by atoms with Gasteiger partial charge in [0.25, 0.3) is 5.91 Å². The lowest BCUT2D eigenvalue weighted by Crippen LogP contribution is -2.36. The predicted octanol–water partition coefficient (Wildman–Crippen LogP) is 3.23. The van der Waals surface area contributed by atoms with Gasteiger partial charge in [0.2, 0.25) is 0 Å². The molecule has 2 aliphatic heterocycles. The van der Waals surface area contributed by atoms with Crippen LogP contribution in [0.5, 0.6) is 0 Å². The van der Waals surface area contributed by atoms with Crippen molar-refractivity contribution in [2.24, 2.45) is 5.73 Å². The molecule has 4 nitrogen and oxygen atoms in total. The summed E-state index contributed by atoms with van der Waals surface area (Å²) in [7, 11) is 0. The van der Waals surface area contributed by atoms with E-state index in [4.69, 9.17) is 5.73 Å². The number of carbonyl (C=O) groups excluding carboxylic acids is 1. The molecule has 0 spiro atoms. The number of hydrogen-bond acceptors (Lipinski definition) is 4. The highest BCUT2D eigenvalue weighted by Crippen LogP contribution is 2.44.